The zero-order valence-corrected chi connectivity index (χ0v) is 10.9. The smallest absolute Gasteiger partial charge is 0.0585 e. The molecule has 0 aliphatic heterocycles. The molecule has 2 aliphatic carbocycles. The Balaban J connectivity index is 1.58. The summed E-state index contributed by atoms with van der Waals surface area (Å²) in [6.07, 6.45) is 10.5. The van der Waals surface area contributed by atoms with E-state index in [0.717, 1.165) is 11.8 Å². The van der Waals surface area contributed by atoms with Crippen molar-refractivity contribution in [2.24, 2.45) is 11.8 Å². The maximum atomic E-state index is 6.17. The lowest BCUT2D eigenvalue weighted by molar-refractivity contribution is -0.0899. The molecule has 0 heterocycles. The maximum Gasteiger partial charge on any atom is 0.0585 e. The molecule has 2 rings (SSSR count). The first-order valence-electron chi connectivity index (χ1n) is 7.11. The van der Waals surface area contributed by atoms with Crippen molar-refractivity contribution in [3.63, 3.8) is 0 Å². The van der Waals surface area contributed by atoms with Crippen molar-refractivity contribution < 1.29 is 4.74 Å². The van der Waals surface area contributed by atoms with Gasteiger partial charge in [0.25, 0.3) is 0 Å². The summed E-state index contributed by atoms with van der Waals surface area (Å²) >= 11 is 0. The first kappa shape index (κ1) is 12.4. The number of hydrogen-bond acceptors (Lipinski definition) is 2. The second-order valence-corrected chi connectivity index (χ2v) is 5.70. The molecular formula is C14H27NO. The Hall–Kier alpha value is -0.0800. The van der Waals surface area contributed by atoms with Crippen LogP contribution in [0.4, 0.5) is 0 Å². The molecule has 0 aromatic heterocycles. The van der Waals surface area contributed by atoms with Gasteiger partial charge in [-0.3, -0.25) is 0 Å². The van der Waals surface area contributed by atoms with Crippen molar-refractivity contribution in [1.82, 2.24) is 5.32 Å². The first-order chi connectivity index (χ1) is 7.81. The molecule has 2 heteroatoms. The highest BCUT2D eigenvalue weighted by atomic mass is 16.5. The van der Waals surface area contributed by atoms with Crippen molar-refractivity contribution in [1.29, 1.82) is 0 Å². The van der Waals surface area contributed by atoms with Gasteiger partial charge in [-0.1, -0.05) is 13.3 Å². The number of hydrogen-bond donors (Lipinski definition) is 1. The SMILES string of the molecule is CCC1CCC(OC2CC(CNC)C2)CC1. The molecule has 2 saturated carbocycles. The molecule has 0 unspecified atom stereocenters. The van der Waals surface area contributed by atoms with E-state index < -0.39 is 0 Å². The van der Waals surface area contributed by atoms with Gasteiger partial charge >= 0.3 is 0 Å². The molecular weight excluding hydrogens is 198 g/mol. The van der Waals surface area contributed by atoms with Crippen LogP contribution in [0.15, 0.2) is 0 Å². The second kappa shape index (κ2) is 6.02. The van der Waals surface area contributed by atoms with Crippen LogP contribution in [-0.2, 0) is 4.74 Å². The highest BCUT2D eigenvalue weighted by Crippen LogP contribution is 2.34. The van der Waals surface area contributed by atoms with Crippen LogP contribution in [0.3, 0.4) is 0 Å². The maximum absolute atomic E-state index is 6.17. The first-order valence-corrected chi connectivity index (χ1v) is 7.11. The molecule has 0 amide bonds. The van der Waals surface area contributed by atoms with Crippen molar-refractivity contribution >= 4 is 0 Å². The van der Waals surface area contributed by atoms with Gasteiger partial charge in [0, 0.05) is 0 Å². The van der Waals surface area contributed by atoms with Gasteiger partial charge in [0.2, 0.25) is 0 Å². The average molecular weight is 225 g/mol. The minimum Gasteiger partial charge on any atom is -0.375 e. The molecule has 1 N–H and O–H groups in total. The van der Waals surface area contributed by atoms with E-state index in [-0.39, 0.29) is 0 Å². The standard InChI is InChI=1S/C14H27NO/c1-3-11-4-6-13(7-5-11)16-14-8-12(9-14)10-15-2/h11-15H,3-10H2,1-2H3. The van der Waals surface area contributed by atoms with Gasteiger partial charge in [0.1, 0.15) is 0 Å². The van der Waals surface area contributed by atoms with E-state index in [1.807, 2.05) is 7.05 Å². The quantitative estimate of drug-likeness (QED) is 0.776. The Morgan fingerprint density at radius 1 is 1.00 bits per heavy atom. The largest absolute Gasteiger partial charge is 0.375 e. The van der Waals surface area contributed by atoms with Crippen molar-refractivity contribution in [3.8, 4) is 0 Å². The Morgan fingerprint density at radius 2 is 1.69 bits per heavy atom. The summed E-state index contributed by atoms with van der Waals surface area (Å²) in [5.74, 6) is 1.86. The summed E-state index contributed by atoms with van der Waals surface area (Å²) in [6, 6.07) is 0. The van der Waals surface area contributed by atoms with E-state index in [9.17, 15) is 0 Å². The Morgan fingerprint density at radius 3 is 2.25 bits per heavy atom. The van der Waals surface area contributed by atoms with Crippen LogP contribution in [0.1, 0.15) is 51.9 Å². The predicted molar refractivity (Wildman–Crippen MR) is 67.6 cm³/mol. The van der Waals surface area contributed by atoms with Crippen LogP contribution >= 0.6 is 0 Å². The van der Waals surface area contributed by atoms with E-state index in [4.69, 9.17) is 4.74 Å². The topological polar surface area (TPSA) is 21.3 Å². The average Bonchev–Trinajstić information content (AvgIpc) is 2.27. The van der Waals surface area contributed by atoms with Crippen LogP contribution in [0.5, 0.6) is 0 Å². The summed E-state index contributed by atoms with van der Waals surface area (Å²) in [7, 11) is 2.04. The third-order valence-electron chi connectivity index (χ3n) is 4.44. The van der Waals surface area contributed by atoms with Gasteiger partial charge in [-0.15, -0.1) is 0 Å². The predicted octanol–water partition coefficient (Wildman–Crippen LogP) is 2.97. The number of ether oxygens (including phenoxy) is 1. The normalized spacial score (nSPS) is 39.4. The van der Waals surface area contributed by atoms with E-state index in [2.05, 4.69) is 12.2 Å². The lowest BCUT2D eigenvalue weighted by Gasteiger charge is -2.39. The summed E-state index contributed by atoms with van der Waals surface area (Å²) in [4.78, 5) is 0. The van der Waals surface area contributed by atoms with Gasteiger partial charge in [-0.25, -0.2) is 0 Å². The molecule has 0 radical (unpaired) electrons. The third kappa shape index (κ3) is 3.21. The summed E-state index contributed by atoms with van der Waals surface area (Å²) in [5, 5.41) is 3.25. The highest BCUT2D eigenvalue weighted by Gasteiger charge is 2.32. The van der Waals surface area contributed by atoms with Crippen molar-refractivity contribution in [2.75, 3.05) is 13.6 Å². The molecule has 0 aromatic rings. The van der Waals surface area contributed by atoms with Crippen LogP contribution in [0.2, 0.25) is 0 Å². The third-order valence-corrected chi connectivity index (χ3v) is 4.44. The molecule has 2 nitrogen and oxygen atoms in total. The van der Waals surface area contributed by atoms with Gasteiger partial charge in [-0.2, -0.15) is 0 Å². The fraction of sp³-hybridized carbons (Fsp3) is 1.00. The van der Waals surface area contributed by atoms with Gasteiger partial charge in [0.05, 0.1) is 12.2 Å². The number of nitrogens with one attached hydrogen (secondary N) is 1. The van der Waals surface area contributed by atoms with Crippen LogP contribution in [-0.4, -0.2) is 25.8 Å². The summed E-state index contributed by atoms with van der Waals surface area (Å²) in [5.41, 5.74) is 0. The van der Waals surface area contributed by atoms with Crippen LogP contribution in [0.25, 0.3) is 0 Å². The van der Waals surface area contributed by atoms with Gasteiger partial charge < -0.3 is 10.1 Å². The molecule has 0 bridgehead atoms. The molecule has 16 heavy (non-hydrogen) atoms. The lowest BCUT2D eigenvalue weighted by atomic mass is 9.81. The molecule has 2 fully saturated rings. The Labute approximate surface area is 100 Å². The minimum absolute atomic E-state index is 0.585. The summed E-state index contributed by atoms with van der Waals surface area (Å²) < 4.78 is 6.17. The Bertz CT molecular complexity index is 193. The molecule has 2 aliphatic rings. The monoisotopic (exact) mass is 225 g/mol. The van der Waals surface area contributed by atoms with Crippen molar-refractivity contribution in [3.05, 3.63) is 0 Å². The van der Waals surface area contributed by atoms with Crippen LogP contribution < -0.4 is 5.32 Å². The van der Waals surface area contributed by atoms with E-state index in [0.29, 0.717) is 12.2 Å². The fourth-order valence-electron chi connectivity index (χ4n) is 3.19. The summed E-state index contributed by atoms with van der Waals surface area (Å²) in [6.45, 7) is 3.49. The molecule has 0 spiro atoms. The van der Waals surface area contributed by atoms with Gasteiger partial charge in [-0.05, 0) is 64.0 Å². The fourth-order valence-corrected chi connectivity index (χ4v) is 3.19. The highest BCUT2D eigenvalue weighted by molar-refractivity contribution is 4.83. The minimum atomic E-state index is 0.585. The van der Waals surface area contributed by atoms with E-state index in [1.54, 1.807) is 0 Å². The molecule has 0 atom stereocenters. The second-order valence-electron chi connectivity index (χ2n) is 5.70. The Kier molecular flexibility index (Phi) is 4.66. The zero-order valence-electron chi connectivity index (χ0n) is 10.9. The van der Waals surface area contributed by atoms with Crippen LogP contribution in [0, 0.1) is 11.8 Å². The lowest BCUT2D eigenvalue weighted by Crippen LogP contribution is -2.39. The molecule has 0 saturated heterocycles. The molecule has 94 valence electrons. The van der Waals surface area contributed by atoms with Gasteiger partial charge in [0.15, 0.2) is 0 Å². The van der Waals surface area contributed by atoms with E-state index >= 15 is 0 Å². The zero-order chi connectivity index (χ0) is 11.4. The number of rotatable bonds is 5. The molecule has 0 aromatic carbocycles. The van der Waals surface area contributed by atoms with E-state index in [1.165, 1.54) is 51.5 Å². The van der Waals surface area contributed by atoms with Crippen molar-refractivity contribution in [2.45, 2.75) is 64.1 Å².